The highest BCUT2D eigenvalue weighted by molar-refractivity contribution is 7.91. The van der Waals surface area contributed by atoms with Crippen LogP contribution in [0.1, 0.15) is 28.7 Å². The van der Waals surface area contributed by atoms with E-state index in [1.54, 1.807) is 49.4 Å². The van der Waals surface area contributed by atoms with Crippen molar-refractivity contribution >= 4 is 26.8 Å². The van der Waals surface area contributed by atoms with Crippen molar-refractivity contribution in [2.45, 2.75) is 25.3 Å². The Bertz CT molecular complexity index is 1020. The minimum absolute atomic E-state index is 0.0681. The second kappa shape index (κ2) is 6.68. The highest BCUT2D eigenvalue weighted by Gasteiger charge is 2.11. The van der Waals surface area contributed by atoms with E-state index in [-0.39, 0.29) is 11.7 Å². The van der Waals surface area contributed by atoms with Crippen LogP contribution in [0.5, 0.6) is 0 Å². The Labute approximate surface area is 146 Å². The first-order valence-electron chi connectivity index (χ1n) is 7.95. The Morgan fingerprint density at radius 1 is 1.16 bits per heavy atom. The summed E-state index contributed by atoms with van der Waals surface area (Å²) in [7, 11) is -3.20. The molecule has 25 heavy (non-hydrogen) atoms. The number of nitrogens with one attached hydrogen (secondary N) is 2. The van der Waals surface area contributed by atoms with Crippen LogP contribution >= 0.6 is 0 Å². The van der Waals surface area contributed by atoms with Gasteiger partial charge in [-0.05, 0) is 42.8 Å². The first-order chi connectivity index (χ1) is 11.9. The third-order valence-electron chi connectivity index (χ3n) is 3.98. The number of hydrogen-bond donors (Lipinski definition) is 2. The number of rotatable bonds is 5. The number of aromatic nitrogens is 2. The summed E-state index contributed by atoms with van der Waals surface area (Å²) >= 11 is 0. The maximum Gasteiger partial charge on any atom is 0.251 e. The number of sulfone groups is 1. The molecular formula is C18H19N3O3S. The number of amides is 1. The van der Waals surface area contributed by atoms with Crippen molar-refractivity contribution in [3.63, 3.8) is 0 Å². The highest BCUT2D eigenvalue weighted by atomic mass is 32.2. The van der Waals surface area contributed by atoms with Crippen molar-refractivity contribution in [3.8, 4) is 0 Å². The minimum Gasteiger partial charge on any atom is -0.348 e. The van der Waals surface area contributed by atoms with Crippen molar-refractivity contribution in [3.05, 3.63) is 59.4 Å². The molecule has 130 valence electrons. The Balaban J connectivity index is 1.68. The zero-order valence-electron chi connectivity index (χ0n) is 14.0. The van der Waals surface area contributed by atoms with Crippen LogP contribution in [0.2, 0.25) is 0 Å². The van der Waals surface area contributed by atoms with Crippen LogP contribution in [-0.4, -0.2) is 30.0 Å². The summed E-state index contributed by atoms with van der Waals surface area (Å²) in [4.78, 5) is 20.0. The number of aromatic amines is 1. The van der Waals surface area contributed by atoms with Crippen molar-refractivity contribution in [1.29, 1.82) is 0 Å². The molecule has 0 unspecified atom stereocenters. The molecule has 6 nitrogen and oxygen atoms in total. The van der Waals surface area contributed by atoms with E-state index in [9.17, 15) is 13.2 Å². The van der Waals surface area contributed by atoms with Crippen LogP contribution < -0.4 is 5.32 Å². The summed E-state index contributed by atoms with van der Waals surface area (Å²) in [6, 6.07) is 11.9. The molecule has 7 heteroatoms. The van der Waals surface area contributed by atoms with E-state index in [4.69, 9.17) is 0 Å². The zero-order chi connectivity index (χ0) is 18.0. The third kappa shape index (κ3) is 3.71. The van der Waals surface area contributed by atoms with Gasteiger partial charge >= 0.3 is 0 Å². The lowest BCUT2D eigenvalue weighted by atomic mass is 10.1. The van der Waals surface area contributed by atoms with E-state index in [0.29, 0.717) is 17.0 Å². The Hall–Kier alpha value is -2.67. The highest BCUT2D eigenvalue weighted by Crippen LogP contribution is 2.15. The predicted molar refractivity (Wildman–Crippen MR) is 96.2 cm³/mol. The molecule has 0 aliphatic rings. The molecule has 0 saturated heterocycles. The van der Waals surface area contributed by atoms with Crippen LogP contribution in [0.3, 0.4) is 0 Å². The van der Waals surface area contributed by atoms with Gasteiger partial charge in [-0.15, -0.1) is 0 Å². The molecule has 1 aromatic heterocycles. The van der Waals surface area contributed by atoms with Gasteiger partial charge < -0.3 is 10.3 Å². The fourth-order valence-electron chi connectivity index (χ4n) is 2.54. The number of fused-ring (bicyclic) bond motifs is 1. The summed E-state index contributed by atoms with van der Waals surface area (Å²) in [5.41, 5.74) is 3.02. The maximum atomic E-state index is 12.3. The summed E-state index contributed by atoms with van der Waals surface area (Å²) in [6.45, 7) is 3.80. The molecule has 2 N–H and O–H groups in total. The molecule has 1 amide bonds. The van der Waals surface area contributed by atoms with Gasteiger partial charge in [0.05, 0.1) is 21.7 Å². The van der Waals surface area contributed by atoms with Crippen LogP contribution in [0.4, 0.5) is 0 Å². The Morgan fingerprint density at radius 3 is 2.56 bits per heavy atom. The van der Waals surface area contributed by atoms with E-state index in [1.807, 2.05) is 6.92 Å². The monoisotopic (exact) mass is 357 g/mol. The number of nitrogens with zero attached hydrogens (tertiary/aromatic N) is 1. The lowest BCUT2D eigenvalue weighted by molar-refractivity contribution is 0.0951. The summed E-state index contributed by atoms with van der Waals surface area (Å²) in [6.07, 6.45) is 0. The van der Waals surface area contributed by atoms with Crippen LogP contribution in [-0.2, 0) is 16.4 Å². The quantitative estimate of drug-likeness (QED) is 0.734. The van der Waals surface area contributed by atoms with Gasteiger partial charge in [-0.1, -0.05) is 19.1 Å². The fraction of sp³-hybridized carbons (Fsp3) is 0.222. The van der Waals surface area contributed by atoms with Gasteiger partial charge in [0.15, 0.2) is 9.84 Å². The number of carbonyl (C=O) groups excluding carboxylic acids is 1. The molecule has 0 radical (unpaired) electrons. The summed E-state index contributed by atoms with van der Waals surface area (Å²) in [5.74, 6) is 0.674. The number of carbonyl (C=O) groups is 1. The number of hydrogen-bond acceptors (Lipinski definition) is 4. The van der Waals surface area contributed by atoms with Gasteiger partial charge in [-0.25, -0.2) is 13.4 Å². The van der Waals surface area contributed by atoms with E-state index >= 15 is 0 Å². The largest absolute Gasteiger partial charge is 0.348 e. The van der Waals surface area contributed by atoms with Gasteiger partial charge in [0.1, 0.15) is 5.82 Å². The molecule has 1 heterocycles. The topological polar surface area (TPSA) is 91.9 Å². The molecular weight excluding hydrogens is 338 g/mol. The van der Waals surface area contributed by atoms with Crippen LogP contribution in [0, 0.1) is 6.92 Å². The lowest BCUT2D eigenvalue weighted by Crippen LogP contribution is -2.22. The molecule has 2 aromatic carbocycles. The van der Waals surface area contributed by atoms with E-state index in [1.165, 1.54) is 0 Å². The number of H-pyrrole nitrogens is 1. The smallest absolute Gasteiger partial charge is 0.251 e. The van der Waals surface area contributed by atoms with Gasteiger partial charge in [0.25, 0.3) is 5.91 Å². The van der Waals surface area contributed by atoms with E-state index in [0.717, 1.165) is 22.4 Å². The Morgan fingerprint density at radius 2 is 1.88 bits per heavy atom. The normalized spacial score (nSPS) is 11.6. The molecule has 0 saturated carbocycles. The second-order valence-corrected chi connectivity index (χ2v) is 8.06. The molecule has 0 spiro atoms. The van der Waals surface area contributed by atoms with Gasteiger partial charge in [0.2, 0.25) is 0 Å². The standard InChI is InChI=1S/C18H19N3O3S/c1-3-25(23,24)15-7-4-13(5-8-15)11-19-18(22)14-6-9-16-17(10-14)21-12(2)20-16/h4-10H,3,11H2,1-2H3,(H,19,22)(H,20,21). The van der Waals surface area contributed by atoms with E-state index in [2.05, 4.69) is 15.3 Å². The third-order valence-corrected chi connectivity index (χ3v) is 5.73. The van der Waals surface area contributed by atoms with Gasteiger partial charge in [0, 0.05) is 12.1 Å². The van der Waals surface area contributed by atoms with Gasteiger partial charge in [-0.3, -0.25) is 4.79 Å². The maximum absolute atomic E-state index is 12.3. The molecule has 0 aliphatic heterocycles. The molecule has 0 fully saturated rings. The molecule has 3 rings (SSSR count). The number of imidazole rings is 1. The van der Waals surface area contributed by atoms with Crippen LogP contribution in [0.15, 0.2) is 47.4 Å². The fourth-order valence-corrected chi connectivity index (χ4v) is 3.43. The molecule has 0 bridgehead atoms. The van der Waals surface area contributed by atoms with Crippen molar-refractivity contribution < 1.29 is 13.2 Å². The number of benzene rings is 2. The first-order valence-corrected chi connectivity index (χ1v) is 9.60. The molecule has 0 aliphatic carbocycles. The van der Waals surface area contributed by atoms with Crippen molar-refractivity contribution in [2.75, 3.05) is 5.75 Å². The second-order valence-electron chi connectivity index (χ2n) is 5.78. The Kier molecular flexibility index (Phi) is 4.59. The lowest BCUT2D eigenvalue weighted by Gasteiger charge is -2.07. The summed E-state index contributed by atoms with van der Waals surface area (Å²) in [5, 5.41) is 2.84. The van der Waals surface area contributed by atoms with Crippen LogP contribution in [0.25, 0.3) is 11.0 Å². The molecule has 0 atom stereocenters. The predicted octanol–water partition coefficient (Wildman–Crippen LogP) is 2.59. The summed E-state index contributed by atoms with van der Waals surface area (Å²) < 4.78 is 23.6. The van der Waals surface area contributed by atoms with E-state index < -0.39 is 9.84 Å². The van der Waals surface area contributed by atoms with Gasteiger partial charge in [-0.2, -0.15) is 0 Å². The average Bonchev–Trinajstić information content (AvgIpc) is 2.99. The SMILES string of the molecule is CCS(=O)(=O)c1ccc(CNC(=O)c2ccc3nc(C)[nH]c3c2)cc1. The number of aryl methyl sites for hydroxylation is 1. The van der Waals surface area contributed by atoms with Crippen molar-refractivity contribution in [1.82, 2.24) is 15.3 Å². The minimum atomic E-state index is -3.20. The molecule has 3 aromatic rings. The first kappa shape index (κ1) is 17.2. The zero-order valence-corrected chi connectivity index (χ0v) is 14.9. The average molecular weight is 357 g/mol. The van der Waals surface area contributed by atoms with Crippen molar-refractivity contribution in [2.24, 2.45) is 0 Å².